The lowest BCUT2D eigenvalue weighted by atomic mass is 9.64. The fourth-order valence-electron chi connectivity index (χ4n) is 3.49. The third-order valence-electron chi connectivity index (χ3n) is 4.75. The van der Waals surface area contributed by atoms with Gasteiger partial charge < -0.3 is 0 Å². The van der Waals surface area contributed by atoms with Gasteiger partial charge in [-0.2, -0.15) is 0 Å². The van der Waals surface area contributed by atoms with Crippen molar-refractivity contribution in [1.29, 1.82) is 0 Å². The molecular weight excluding hydrogens is 240 g/mol. The average molecular weight is 258 g/mol. The molecule has 4 rings (SSSR count). The van der Waals surface area contributed by atoms with Gasteiger partial charge in [-0.25, -0.2) is 0 Å². The third-order valence-corrected chi connectivity index (χ3v) is 4.75. The van der Waals surface area contributed by atoms with Gasteiger partial charge in [0.25, 0.3) is 0 Å². The summed E-state index contributed by atoms with van der Waals surface area (Å²) in [5.41, 5.74) is 5.97. The van der Waals surface area contributed by atoms with Crippen molar-refractivity contribution in [2.24, 2.45) is 0 Å². The summed E-state index contributed by atoms with van der Waals surface area (Å²) in [4.78, 5) is 0. The number of rotatable bonds is 2. The van der Waals surface area contributed by atoms with Gasteiger partial charge in [0.2, 0.25) is 0 Å². The molecule has 2 aromatic rings. The molecule has 0 nitrogen and oxygen atoms in total. The van der Waals surface area contributed by atoms with E-state index in [2.05, 4.69) is 72.8 Å². The fraction of sp³-hybridized carbons (Fsp3) is 0.200. The van der Waals surface area contributed by atoms with E-state index < -0.39 is 0 Å². The molecule has 0 aromatic heterocycles. The highest BCUT2D eigenvalue weighted by Crippen LogP contribution is 2.47. The Morgan fingerprint density at radius 2 is 1.20 bits per heavy atom. The monoisotopic (exact) mass is 258 g/mol. The Morgan fingerprint density at radius 1 is 0.650 bits per heavy atom. The molecular formula is C20H18. The first-order chi connectivity index (χ1) is 9.88. The number of benzene rings is 2. The Morgan fingerprint density at radius 3 is 1.65 bits per heavy atom. The summed E-state index contributed by atoms with van der Waals surface area (Å²) >= 11 is 0. The summed E-state index contributed by atoms with van der Waals surface area (Å²) in [6.07, 6.45) is 8.58. The van der Waals surface area contributed by atoms with Crippen LogP contribution in [0.5, 0.6) is 0 Å². The zero-order valence-corrected chi connectivity index (χ0v) is 11.5. The number of fused-ring (bicyclic) bond motifs is 1. The van der Waals surface area contributed by atoms with Crippen molar-refractivity contribution in [3.63, 3.8) is 0 Å². The smallest absolute Gasteiger partial charge is 0.0422 e. The summed E-state index contributed by atoms with van der Waals surface area (Å²) in [5, 5.41) is 0. The van der Waals surface area contributed by atoms with E-state index in [1.54, 1.807) is 11.1 Å². The molecule has 2 aromatic carbocycles. The van der Waals surface area contributed by atoms with Gasteiger partial charge in [0.05, 0.1) is 0 Å². The van der Waals surface area contributed by atoms with Gasteiger partial charge in [-0.1, -0.05) is 72.8 Å². The standard InChI is InChI=1S/C20H18/c1-3-7-18(8-4-1)20(19-9-5-2-6-10-19)14-13-16-11-12-17(16)15-20/h1-10,13,15H,11-12,14H2. The highest BCUT2D eigenvalue weighted by molar-refractivity contribution is 5.54. The van der Waals surface area contributed by atoms with Crippen molar-refractivity contribution in [2.45, 2.75) is 24.7 Å². The van der Waals surface area contributed by atoms with E-state index in [-0.39, 0.29) is 5.41 Å². The van der Waals surface area contributed by atoms with E-state index >= 15 is 0 Å². The van der Waals surface area contributed by atoms with Gasteiger partial charge in [-0.05, 0) is 41.5 Å². The second kappa shape index (κ2) is 4.49. The van der Waals surface area contributed by atoms with E-state index in [1.165, 1.54) is 24.0 Å². The lowest BCUT2D eigenvalue weighted by Crippen LogP contribution is -2.29. The summed E-state index contributed by atoms with van der Waals surface area (Å²) < 4.78 is 0. The molecule has 20 heavy (non-hydrogen) atoms. The first kappa shape index (κ1) is 11.7. The van der Waals surface area contributed by atoms with Crippen molar-refractivity contribution in [3.8, 4) is 0 Å². The first-order valence-electron chi connectivity index (χ1n) is 7.41. The van der Waals surface area contributed by atoms with Crippen LogP contribution in [0.25, 0.3) is 0 Å². The van der Waals surface area contributed by atoms with Gasteiger partial charge >= 0.3 is 0 Å². The molecule has 0 unspecified atom stereocenters. The fourth-order valence-corrected chi connectivity index (χ4v) is 3.49. The minimum absolute atomic E-state index is 0.0295. The molecule has 0 saturated heterocycles. The van der Waals surface area contributed by atoms with Gasteiger partial charge in [-0.3, -0.25) is 0 Å². The molecule has 0 bridgehead atoms. The number of hydrogen-bond donors (Lipinski definition) is 0. The highest BCUT2D eigenvalue weighted by Gasteiger charge is 2.36. The summed E-state index contributed by atoms with van der Waals surface area (Å²) in [6.45, 7) is 0. The van der Waals surface area contributed by atoms with Crippen LogP contribution in [0.3, 0.4) is 0 Å². The molecule has 0 aliphatic heterocycles. The summed E-state index contributed by atoms with van der Waals surface area (Å²) in [7, 11) is 0. The van der Waals surface area contributed by atoms with Gasteiger partial charge in [0.1, 0.15) is 0 Å². The Balaban J connectivity index is 1.91. The molecule has 2 aliphatic carbocycles. The summed E-state index contributed by atoms with van der Waals surface area (Å²) in [5.74, 6) is 0. The second-order valence-corrected chi connectivity index (χ2v) is 5.81. The Labute approximate surface area is 120 Å². The molecule has 0 spiro atoms. The van der Waals surface area contributed by atoms with E-state index in [4.69, 9.17) is 0 Å². The molecule has 0 heteroatoms. The lowest BCUT2D eigenvalue weighted by molar-refractivity contribution is 0.607. The predicted molar refractivity (Wildman–Crippen MR) is 83.7 cm³/mol. The lowest BCUT2D eigenvalue weighted by Gasteiger charge is -2.39. The maximum absolute atomic E-state index is 2.52. The van der Waals surface area contributed by atoms with Crippen LogP contribution in [-0.4, -0.2) is 0 Å². The van der Waals surface area contributed by atoms with Crippen LogP contribution < -0.4 is 0 Å². The third kappa shape index (κ3) is 1.68. The van der Waals surface area contributed by atoms with Crippen molar-refractivity contribution in [2.75, 3.05) is 0 Å². The van der Waals surface area contributed by atoms with Gasteiger partial charge in [0, 0.05) is 5.41 Å². The largest absolute Gasteiger partial charge is 0.0795 e. The Hall–Kier alpha value is -2.08. The van der Waals surface area contributed by atoms with E-state index in [0.717, 1.165) is 6.42 Å². The Kier molecular flexibility index (Phi) is 2.63. The minimum Gasteiger partial charge on any atom is -0.0795 e. The van der Waals surface area contributed by atoms with Crippen LogP contribution in [0.2, 0.25) is 0 Å². The molecule has 0 atom stereocenters. The quantitative estimate of drug-likeness (QED) is 0.709. The van der Waals surface area contributed by atoms with Crippen LogP contribution >= 0.6 is 0 Å². The second-order valence-electron chi connectivity index (χ2n) is 5.81. The van der Waals surface area contributed by atoms with Crippen LogP contribution in [0, 0.1) is 0 Å². The average Bonchev–Trinajstić information content (AvgIpc) is 2.51. The normalized spacial score (nSPS) is 19.4. The van der Waals surface area contributed by atoms with Crippen LogP contribution in [0.4, 0.5) is 0 Å². The van der Waals surface area contributed by atoms with Crippen LogP contribution in [0.1, 0.15) is 30.4 Å². The summed E-state index contributed by atoms with van der Waals surface area (Å²) in [6, 6.07) is 21.9. The maximum Gasteiger partial charge on any atom is 0.0422 e. The van der Waals surface area contributed by atoms with Crippen LogP contribution in [-0.2, 0) is 5.41 Å². The van der Waals surface area contributed by atoms with E-state index in [1.807, 2.05) is 0 Å². The SMILES string of the molecule is C1=C2CCC2=CC(c2ccccc2)(c2ccccc2)C1. The minimum atomic E-state index is 0.0295. The molecule has 1 fully saturated rings. The molecule has 98 valence electrons. The van der Waals surface area contributed by atoms with Crippen molar-refractivity contribution < 1.29 is 0 Å². The molecule has 0 radical (unpaired) electrons. The molecule has 0 heterocycles. The van der Waals surface area contributed by atoms with Crippen molar-refractivity contribution in [1.82, 2.24) is 0 Å². The maximum atomic E-state index is 2.52. The van der Waals surface area contributed by atoms with E-state index in [0.29, 0.717) is 0 Å². The van der Waals surface area contributed by atoms with E-state index in [9.17, 15) is 0 Å². The topological polar surface area (TPSA) is 0 Å². The zero-order valence-electron chi connectivity index (χ0n) is 11.5. The van der Waals surface area contributed by atoms with Gasteiger partial charge in [-0.15, -0.1) is 0 Å². The van der Waals surface area contributed by atoms with Crippen LogP contribution in [0.15, 0.2) is 84.0 Å². The predicted octanol–water partition coefficient (Wildman–Crippen LogP) is 5.02. The first-order valence-corrected chi connectivity index (χ1v) is 7.41. The van der Waals surface area contributed by atoms with Crippen molar-refractivity contribution >= 4 is 0 Å². The number of allylic oxidation sites excluding steroid dienone is 4. The zero-order chi connectivity index (χ0) is 13.4. The molecule has 0 N–H and O–H groups in total. The molecule has 1 saturated carbocycles. The van der Waals surface area contributed by atoms with Crippen molar-refractivity contribution in [3.05, 3.63) is 95.1 Å². The molecule has 2 aliphatic rings. The van der Waals surface area contributed by atoms with Gasteiger partial charge in [0.15, 0.2) is 0 Å². The number of hydrogen-bond acceptors (Lipinski definition) is 0. The molecule has 0 amide bonds. The Bertz CT molecular complexity index is 635. The highest BCUT2D eigenvalue weighted by atomic mass is 14.4.